The third-order valence-electron chi connectivity index (χ3n) is 2.81. The van der Waals surface area contributed by atoms with Crippen LogP contribution in [-0.2, 0) is 6.42 Å². The van der Waals surface area contributed by atoms with Crippen LogP contribution < -0.4 is 11.1 Å². The molecule has 0 bridgehead atoms. The molecule has 0 aliphatic heterocycles. The zero-order chi connectivity index (χ0) is 12.7. The van der Waals surface area contributed by atoms with Gasteiger partial charge >= 0.3 is 0 Å². The fourth-order valence-electron chi connectivity index (χ4n) is 1.72. The summed E-state index contributed by atoms with van der Waals surface area (Å²) in [4.78, 5) is 0. The SMILES string of the molecule is CNCCC(O)C(O)c1ccc(CCN)cc1. The predicted octanol–water partition coefficient (Wildman–Crippen LogP) is 0.192. The van der Waals surface area contributed by atoms with E-state index in [1.54, 1.807) is 0 Å². The minimum absolute atomic E-state index is 0.530. The monoisotopic (exact) mass is 238 g/mol. The van der Waals surface area contributed by atoms with Crippen molar-refractivity contribution in [1.29, 1.82) is 0 Å². The molecule has 0 amide bonds. The molecule has 17 heavy (non-hydrogen) atoms. The van der Waals surface area contributed by atoms with Crippen LogP contribution in [0.1, 0.15) is 23.7 Å². The van der Waals surface area contributed by atoms with E-state index in [1.165, 1.54) is 0 Å². The Morgan fingerprint density at radius 1 is 1.24 bits per heavy atom. The third kappa shape index (κ3) is 4.44. The molecule has 0 heterocycles. The Morgan fingerprint density at radius 2 is 1.88 bits per heavy atom. The van der Waals surface area contributed by atoms with Crippen LogP contribution in [-0.4, -0.2) is 36.5 Å². The first-order valence-electron chi connectivity index (χ1n) is 5.98. The lowest BCUT2D eigenvalue weighted by molar-refractivity contribution is 0.0140. The van der Waals surface area contributed by atoms with Gasteiger partial charge in [0, 0.05) is 0 Å². The molecule has 0 saturated carbocycles. The first-order valence-corrected chi connectivity index (χ1v) is 5.98. The maximum Gasteiger partial charge on any atom is 0.105 e. The van der Waals surface area contributed by atoms with Crippen LogP contribution in [0.4, 0.5) is 0 Å². The molecular weight excluding hydrogens is 216 g/mol. The van der Waals surface area contributed by atoms with Crippen molar-refractivity contribution in [2.75, 3.05) is 20.1 Å². The van der Waals surface area contributed by atoms with Gasteiger partial charge < -0.3 is 21.3 Å². The van der Waals surface area contributed by atoms with Crippen LogP contribution in [0.3, 0.4) is 0 Å². The Labute approximate surface area is 102 Å². The van der Waals surface area contributed by atoms with Crippen molar-refractivity contribution in [2.45, 2.75) is 25.0 Å². The molecule has 4 heteroatoms. The quantitative estimate of drug-likeness (QED) is 0.547. The normalized spacial score (nSPS) is 14.6. The molecule has 1 aromatic rings. The molecule has 5 N–H and O–H groups in total. The van der Waals surface area contributed by atoms with Gasteiger partial charge in [-0.3, -0.25) is 0 Å². The van der Waals surface area contributed by atoms with Crippen molar-refractivity contribution in [3.63, 3.8) is 0 Å². The largest absolute Gasteiger partial charge is 0.390 e. The number of nitrogens with two attached hydrogens (primary N) is 1. The lowest BCUT2D eigenvalue weighted by atomic mass is 10.00. The molecule has 1 rings (SSSR count). The van der Waals surface area contributed by atoms with Crippen LogP contribution in [0.15, 0.2) is 24.3 Å². The summed E-state index contributed by atoms with van der Waals surface area (Å²) >= 11 is 0. The van der Waals surface area contributed by atoms with Gasteiger partial charge in [-0.05, 0) is 44.1 Å². The highest BCUT2D eigenvalue weighted by Gasteiger charge is 2.17. The summed E-state index contributed by atoms with van der Waals surface area (Å²) in [5.74, 6) is 0. The molecule has 0 radical (unpaired) electrons. The molecule has 0 aromatic heterocycles. The lowest BCUT2D eigenvalue weighted by Gasteiger charge is -2.18. The topological polar surface area (TPSA) is 78.5 Å². The Balaban J connectivity index is 2.58. The summed E-state index contributed by atoms with van der Waals surface area (Å²) in [6, 6.07) is 7.57. The summed E-state index contributed by atoms with van der Waals surface area (Å²) in [5, 5.41) is 22.6. The average molecular weight is 238 g/mol. The maximum absolute atomic E-state index is 9.93. The van der Waals surface area contributed by atoms with E-state index in [1.807, 2.05) is 31.3 Å². The minimum Gasteiger partial charge on any atom is -0.390 e. The molecule has 2 atom stereocenters. The summed E-state index contributed by atoms with van der Waals surface area (Å²) in [6.45, 7) is 1.30. The van der Waals surface area contributed by atoms with E-state index in [4.69, 9.17) is 5.73 Å². The first-order chi connectivity index (χ1) is 8.19. The zero-order valence-electron chi connectivity index (χ0n) is 10.3. The van der Waals surface area contributed by atoms with E-state index in [0.717, 1.165) is 17.5 Å². The minimum atomic E-state index is -0.824. The van der Waals surface area contributed by atoms with Gasteiger partial charge in [0.1, 0.15) is 6.10 Å². The number of hydrogen-bond donors (Lipinski definition) is 4. The van der Waals surface area contributed by atoms with Crippen LogP contribution in [0.5, 0.6) is 0 Å². The van der Waals surface area contributed by atoms with Crippen molar-refractivity contribution >= 4 is 0 Å². The second-order valence-electron chi connectivity index (χ2n) is 4.18. The van der Waals surface area contributed by atoms with Crippen LogP contribution >= 0.6 is 0 Å². The summed E-state index contributed by atoms with van der Waals surface area (Å²) in [5.41, 5.74) is 7.36. The zero-order valence-corrected chi connectivity index (χ0v) is 10.3. The Kier molecular flexibility index (Phi) is 6.15. The predicted molar refractivity (Wildman–Crippen MR) is 68.7 cm³/mol. The third-order valence-corrected chi connectivity index (χ3v) is 2.81. The van der Waals surface area contributed by atoms with E-state index in [2.05, 4.69) is 5.32 Å². The van der Waals surface area contributed by atoms with Crippen LogP contribution in [0.25, 0.3) is 0 Å². The number of aliphatic hydroxyl groups excluding tert-OH is 2. The molecule has 96 valence electrons. The van der Waals surface area contributed by atoms with E-state index in [0.29, 0.717) is 19.5 Å². The summed E-state index contributed by atoms with van der Waals surface area (Å²) < 4.78 is 0. The van der Waals surface area contributed by atoms with Gasteiger partial charge in [-0.15, -0.1) is 0 Å². The highest BCUT2D eigenvalue weighted by atomic mass is 16.3. The van der Waals surface area contributed by atoms with Gasteiger partial charge in [0.15, 0.2) is 0 Å². The van der Waals surface area contributed by atoms with Crippen molar-refractivity contribution in [1.82, 2.24) is 5.32 Å². The smallest absolute Gasteiger partial charge is 0.105 e. The van der Waals surface area contributed by atoms with Crippen molar-refractivity contribution in [2.24, 2.45) is 5.73 Å². The molecule has 2 unspecified atom stereocenters. The highest BCUT2D eigenvalue weighted by molar-refractivity contribution is 5.25. The number of hydrogen-bond acceptors (Lipinski definition) is 4. The second-order valence-corrected chi connectivity index (χ2v) is 4.18. The number of benzene rings is 1. The molecule has 0 saturated heterocycles. The fraction of sp³-hybridized carbons (Fsp3) is 0.538. The molecule has 4 nitrogen and oxygen atoms in total. The molecule has 0 aliphatic rings. The van der Waals surface area contributed by atoms with Crippen LogP contribution in [0, 0.1) is 0 Å². The Bertz CT molecular complexity index is 314. The van der Waals surface area contributed by atoms with E-state index >= 15 is 0 Å². The first kappa shape index (κ1) is 14.1. The lowest BCUT2D eigenvalue weighted by Crippen LogP contribution is -2.23. The van der Waals surface area contributed by atoms with Gasteiger partial charge in [-0.1, -0.05) is 24.3 Å². The van der Waals surface area contributed by atoms with Gasteiger partial charge in [-0.25, -0.2) is 0 Å². The number of aliphatic hydroxyl groups is 2. The van der Waals surface area contributed by atoms with Gasteiger partial charge in [0.05, 0.1) is 6.10 Å². The van der Waals surface area contributed by atoms with E-state index in [9.17, 15) is 10.2 Å². The molecule has 0 fully saturated rings. The average Bonchev–Trinajstić information content (AvgIpc) is 2.36. The maximum atomic E-state index is 9.93. The Morgan fingerprint density at radius 3 is 2.41 bits per heavy atom. The van der Waals surface area contributed by atoms with E-state index in [-0.39, 0.29) is 0 Å². The molecular formula is C13H22N2O2. The highest BCUT2D eigenvalue weighted by Crippen LogP contribution is 2.19. The molecule has 0 aliphatic carbocycles. The molecule has 1 aromatic carbocycles. The Hall–Kier alpha value is -0.940. The van der Waals surface area contributed by atoms with Crippen molar-refractivity contribution in [3.05, 3.63) is 35.4 Å². The van der Waals surface area contributed by atoms with Crippen LogP contribution in [0.2, 0.25) is 0 Å². The standard InChI is InChI=1S/C13H22N2O2/c1-15-9-7-12(16)13(17)11-4-2-10(3-5-11)6-8-14/h2-5,12-13,15-17H,6-9,14H2,1H3. The van der Waals surface area contributed by atoms with Gasteiger partial charge in [-0.2, -0.15) is 0 Å². The van der Waals surface area contributed by atoms with Crippen molar-refractivity contribution in [3.8, 4) is 0 Å². The van der Waals surface area contributed by atoms with Gasteiger partial charge in [0.2, 0.25) is 0 Å². The van der Waals surface area contributed by atoms with E-state index < -0.39 is 12.2 Å². The summed E-state index contributed by atoms with van der Waals surface area (Å²) in [6.07, 6.45) is -0.195. The summed E-state index contributed by atoms with van der Waals surface area (Å²) in [7, 11) is 1.82. The second kappa shape index (κ2) is 7.40. The molecule has 0 spiro atoms. The number of rotatable bonds is 7. The fourth-order valence-corrected chi connectivity index (χ4v) is 1.72. The van der Waals surface area contributed by atoms with Crippen molar-refractivity contribution < 1.29 is 10.2 Å². The van der Waals surface area contributed by atoms with Gasteiger partial charge in [0.25, 0.3) is 0 Å². The number of nitrogens with one attached hydrogen (secondary N) is 1.